The van der Waals surface area contributed by atoms with Crippen molar-refractivity contribution in [1.82, 2.24) is 0 Å². The molecule has 1 aromatic carbocycles. The lowest BCUT2D eigenvalue weighted by Crippen LogP contribution is -2.48. The second-order valence-electron chi connectivity index (χ2n) is 4.99. The zero-order valence-corrected chi connectivity index (χ0v) is 10.8. The van der Waals surface area contributed by atoms with Gasteiger partial charge in [-0.3, -0.25) is 0 Å². The quantitative estimate of drug-likeness (QED) is 0.814. The highest BCUT2D eigenvalue weighted by Crippen LogP contribution is 2.38. The van der Waals surface area contributed by atoms with Gasteiger partial charge in [0.1, 0.15) is 5.75 Å². The van der Waals surface area contributed by atoms with Crippen molar-refractivity contribution in [2.45, 2.75) is 31.4 Å². The van der Waals surface area contributed by atoms with E-state index in [0.29, 0.717) is 12.1 Å². The average Bonchev–Trinajstić information content (AvgIpc) is 2.87. The Bertz CT molecular complexity index is 436. The van der Waals surface area contributed by atoms with Crippen molar-refractivity contribution in [3.63, 3.8) is 0 Å². The highest BCUT2D eigenvalue weighted by atomic mass is 16.5. The number of hydrogen-bond donors (Lipinski definition) is 1. The number of morpholine rings is 1. The maximum Gasteiger partial charge on any atom is 0.143 e. The second-order valence-corrected chi connectivity index (χ2v) is 4.99. The fourth-order valence-corrected chi connectivity index (χ4v) is 3.19. The van der Waals surface area contributed by atoms with Gasteiger partial charge in [-0.2, -0.15) is 0 Å². The molecule has 4 heteroatoms. The molecule has 1 aliphatic carbocycles. The van der Waals surface area contributed by atoms with Crippen LogP contribution in [0.4, 0.5) is 11.4 Å². The number of methoxy groups -OCH3 is 1. The molecule has 0 radical (unpaired) electrons. The molecule has 0 spiro atoms. The van der Waals surface area contributed by atoms with Crippen molar-refractivity contribution in [1.29, 1.82) is 0 Å². The summed E-state index contributed by atoms with van der Waals surface area (Å²) >= 11 is 0. The van der Waals surface area contributed by atoms with Crippen LogP contribution in [0.1, 0.15) is 19.3 Å². The Labute approximate surface area is 108 Å². The van der Waals surface area contributed by atoms with E-state index in [-0.39, 0.29) is 0 Å². The molecule has 0 aromatic heterocycles. The number of ether oxygens (including phenoxy) is 2. The molecule has 1 aromatic rings. The minimum absolute atomic E-state index is 0.379. The number of hydrogen-bond acceptors (Lipinski definition) is 4. The van der Waals surface area contributed by atoms with E-state index in [1.807, 2.05) is 12.1 Å². The van der Waals surface area contributed by atoms with Crippen LogP contribution < -0.4 is 15.4 Å². The van der Waals surface area contributed by atoms with Gasteiger partial charge in [-0.25, -0.2) is 0 Å². The number of anilines is 2. The van der Waals surface area contributed by atoms with Crippen LogP contribution in [-0.2, 0) is 4.74 Å². The fourth-order valence-electron chi connectivity index (χ4n) is 3.19. The van der Waals surface area contributed by atoms with Crippen LogP contribution in [0.25, 0.3) is 0 Å². The molecule has 3 rings (SSSR count). The van der Waals surface area contributed by atoms with Gasteiger partial charge in [0.25, 0.3) is 0 Å². The molecule has 0 amide bonds. The molecule has 1 saturated carbocycles. The first-order valence-corrected chi connectivity index (χ1v) is 6.62. The summed E-state index contributed by atoms with van der Waals surface area (Å²) < 4.78 is 11.1. The lowest BCUT2D eigenvalue weighted by atomic mass is 10.1. The van der Waals surface area contributed by atoms with Crippen LogP contribution in [0.15, 0.2) is 18.2 Å². The molecule has 1 saturated heterocycles. The summed E-state index contributed by atoms with van der Waals surface area (Å²) in [6.45, 7) is 1.70. The number of nitrogen functional groups attached to an aromatic ring is 1. The maximum absolute atomic E-state index is 6.20. The summed E-state index contributed by atoms with van der Waals surface area (Å²) in [6, 6.07) is 6.47. The van der Waals surface area contributed by atoms with Crippen molar-refractivity contribution in [3.8, 4) is 5.75 Å². The van der Waals surface area contributed by atoms with Gasteiger partial charge in [0.2, 0.25) is 0 Å². The topological polar surface area (TPSA) is 47.7 Å². The largest absolute Gasteiger partial charge is 0.495 e. The second kappa shape index (κ2) is 4.69. The summed E-state index contributed by atoms with van der Waals surface area (Å²) in [6.07, 6.45) is 3.99. The number of fused-ring (bicyclic) bond motifs is 1. The van der Waals surface area contributed by atoms with Crippen molar-refractivity contribution < 1.29 is 9.47 Å². The summed E-state index contributed by atoms with van der Waals surface area (Å²) in [5.41, 5.74) is 8.04. The summed E-state index contributed by atoms with van der Waals surface area (Å²) in [7, 11) is 1.66. The normalized spacial score (nSPS) is 27.1. The van der Waals surface area contributed by atoms with Crippen LogP contribution in [0, 0.1) is 0 Å². The SMILES string of the molecule is COc1cccc(N2CCOC3CCCC32)c1N. The zero-order valence-electron chi connectivity index (χ0n) is 10.8. The monoisotopic (exact) mass is 248 g/mol. The first-order valence-electron chi connectivity index (χ1n) is 6.62. The Morgan fingerprint density at radius 3 is 3.11 bits per heavy atom. The molecule has 2 unspecified atom stereocenters. The van der Waals surface area contributed by atoms with E-state index in [0.717, 1.165) is 30.3 Å². The number of para-hydroxylation sites is 1. The summed E-state index contributed by atoms with van der Waals surface area (Å²) in [4.78, 5) is 2.40. The first kappa shape index (κ1) is 11.7. The van der Waals surface area contributed by atoms with Gasteiger partial charge in [0.05, 0.1) is 37.2 Å². The summed E-state index contributed by atoms with van der Waals surface area (Å²) in [5.74, 6) is 0.758. The Morgan fingerprint density at radius 1 is 1.39 bits per heavy atom. The molecule has 1 aliphatic heterocycles. The van der Waals surface area contributed by atoms with Crippen molar-refractivity contribution in [2.75, 3.05) is 30.9 Å². The van der Waals surface area contributed by atoms with Crippen molar-refractivity contribution in [2.24, 2.45) is 0 Å². The number of benzene rings is 1. The molecule has 18 heavy (non-hydrogen) atoms. The highest BCUT2D eigenvalue weighted by molar-refractivity contribution is 5.74. The van der Waals surface area contributed by atoms with E-state index in [1.54, 1.807) is 7.11 Å². The number of nitrogens with zero attached hydrogens (tertiary/aromatic N) is 1. The lowest BCUT2D eigenvalue weighted by Gasteiger charge is -2.40. The highest BCUT2D eigenvalue weighted by Gasteiger charge is 2.36. The standard InChI is InChI=1S/C14H20N2O2/c1-17-13-7-3-5-11(14(13)15)16-8-9-18-12-6-2-4-10(12)16/h3,5,7,10,12H,2,4,6,8-9,15H2,1H3. The van der Waals surface area contributed by atoms with E-state index < -0.39 is 0 Å². The van der Waals surface area contributed by atoms with Crippen LogP contribution >= 0.6 is 0 Å². The van der Waals surface area contributed by atoms with E-state index in [9.17, 15) is 0 Å². The molecule has 4 nitrogen and oxygen atoms in total. The third-order valence-corrected chi connectivity index (χ3v) is 4.05. The Morgan fingerprint density at radius 2 is 2.28 bits per heavy atom. The molecule has 2 atom stereocenters. The Hall–Kier alpha value is -1.42. The fraction of sp³-hybridized carbons (Fsp3) is 0.571. The van der Waals surface area contributed by atoms with Crippen LogP contribution in [0.5, 0.6) is 5.75 Å². The van der Waals surface area contributed by atoms with Crippen LogP contribution in [-0.4, -0.2) is 32.4 Å². The van der Waals surface area contributed by atoms with Crippen LogP contribution in [0.3, 0.4) is 0 Å². The van der Waals surface area contributed by atoms with Crippen molar-refractivity contribution in [3.05, 3.63) is 18.2 Å². The summed E-state index contributed by atoms with van der Waals surface area (Å²) in [5, 5.41) is 0. The molecule has 0 bridgehead atoms. The van der Waals surface area contributed by atoms with Gasteiger partial charge < -0.3 is 20.1 Å². The Balaban J connectivity index is 1.93. The maximum atomic E-state index is 6.20. The Kier molecular flexibility index (Phi) is 3.04. The number of rotatable bonds is 2. The first-order chi connectivity index (χ1) is 8.81. The van der Waals surface area contributed by atoms with Gasteiger partial charge >= 0.3 is 0 Å². The van der Waals surface area contributed by atoms with Gasteiger partial charge in [0.15, 0.2) is 0 Å². The predicted octanol–water partition coefficient (Wildman–Crippen LogP) is 2.04. The minimum Gasteiger partial charge on any atom is -0.495 e. The van der Waals surface area contributed by atoms with Gasteiger partial charge in [-0.05, 0) is 31.4 Å². The van der Waals surface area contributed by atoms with E-state index in [1.165, 1.54) is 19.3 Å². The van der Waals surface area contributed by atoms with Crippen molar-refractivity contribution >= 4 is 11.4 Å². The molecule has 1 heterocycles. The smallest absolute Gasteiger partial charge is 0.143 e. The zero-order chi connectivity index (χ0) is 12.5. The van der Waals surface area contributed by atoms with Gasteiger partial charge in [-0.15, -0.1) is 0 Å². The van der Waals surface area contributed by atoms with E-state index >= 15 is 0 Å². The third-order valence-electron chi connectivity index (χ3n) is 4.05. The molecular weight excluding hydrogens is 228 g/mol. The van der Waals surface area contributed by atoms with Gasteiger partial charge in [0, 0.05) is 6.54 Å². The molecule has 2 aliphatic rings. The lowest BCUT2D eigenvalue weighted by molar-refractivity contribution is 0.0257. The third kappa shape index (κ3) is 1.81. The van der Waals surface area contributed by atoms with Crippen LogP contribution in [0.2, 0.25) is 0 Å². The molecule has 2 fully saturated rings. The van der Waals surface area contributed by atoms with E-state index in [4.69, 9.17) is 15.2 Å². The van der Waals surface area contributed by atoms with Gasteiger partial charge in [-0.1, -0.05) is 6.07 Å². The molecular formula is C14H20N2O2. The molecule has 98 valence electrons. The average molecular weight is 248 g/mol. The predicted molar refractivity (Wildman–Crippen MR) is 72.1 cm³/mol. The molecule has 2 N–H and O–H groups in total. The van der Waals surface area contributed by atoms with E-state index in [2.05, 4.69) is 11.0 Å². The number of nitrogens with two attached hydrogens (primary N) is 1. The minimum atomic E-state index is 0.379.